The lowest BCUT2D eigenvalue weighted by Crippen LogP contribution is -2.53. The molecule has 2 amide bonds. The van der Waals surface area contributed by atoms with Gasteiger partial charge in [0.25, 0.3) is 10.0 Å². The van der Waals surface area contributed by atoms with Crippen molar-refractivity contribution in [1.82, 2.24) is 10.2 Å². The SMILES string of the molecule is CCCCNC(=O)C(Cc1ccccc1)N(Cc1ccc(Cl)cc1)C(=O)CN(c1cc(OC)ccc1OC)S(=O)(=O)c1ccc(OC)c(OC)c1. The number of sulfonamides is 1. The predicted molar refractivity (Wildman–Crippen MR) is 197 cm³/mol. The number of halogens is 1. The Morgan fingerprint density at radius 3 is 2.08 bits per heavy atom. The predicted octanol–water partition coefficient (Wildman–Crippen LogP) is 6.13. The molecule has 1 atom stereocenters. The van der Waals surface area contributed by atoms with Gasteiger partial charge in [0.2, 0.25) is 11.8 Å². The van der Waals surface area contributed by atoms with Crippen molar-refractivity contribution < 1.29 is 37.0 Å². The molecule has 0 saturated carbocycles. The summed E-state index contributed by atoms with van der Waals surface area (Å²) in [5, 5.41) is 3.49. The summed E-state index contributed by atoms with van der Waals surface area (Å²) in [5.41, 5.74) is 1.57. The smallest absolute Gasteiger partial charge is 0.265 e. The lowest BCUT2D eigenvalue weighted by Gasteiger charge is -2.34. The van der Waals surface area contributed by atoms with E-state index in [1.54, 1.807) is 36.4 Å². The molecule has 1 N–H and O–H groups in total. The van der Waals surface area contributed by atoms with Crippen molar-refractivity contribution in [2.24, 2.45) is 0 Å². The molecule has 4 aromatic carbocycles. The van der Waals surface area contributed by atoms with E-state index in [1.165, 1.54) is 57.6 Å². The molecule has 0 radical (unpaired) electrons. The maximum atomic E-state index is 14.8. The summed E-state index contributed by atoms with van der Waals surface area (Å²) in [5.74, 6) is 0.0212. The molecule has 11 nitrogen and oxygen atoms in total. The fraction of sp³-hybridized carbons (Fsp3) is 0.316. The van der Waals surface area contributed by atoms with E-state index in [4.69, 9.17) is 30.5 Å². The molecule has 4 aromatic rings. The van der Waals surface area contributed by atoms with Gasteiger partial charge in [-0.3, -0.25) is 13.9 Å². The van der Waals surface area contributed by atoms with Crippen LogP contribution in [0.5, 0.6) is 23.0 Å². The number of unbranched alkanes of at least 4 members (excludes halogenated alkanes) is 1. The quantitative estimate of drug-likeness (QED) is 0.121. The van der Waals surface area contributed by atoms with Crippen LogP contribution in [0.25, 0.3) is 0 Å². The fourth-order valence-corrected chi connectivity index (χ4v) is 7.01. The third-order valence-electron chi connectivity index (χ3n) is 8.24. The third-order valence-corrected chi connectivity index (χ3v) is 10.3. The summed E-state index contributed by atoms with van der Waals surface area (Å²) in [6.45, 7) is 1.74. The van der Waals surface area contributed by atoms with Crippen LogP contribution in [0.4, 0.5) is 5.69 Å². The normalized spacial score (nSPS) is 11.6. The van der Waals surface area contributed by atoms with Crippen LogP contribution in [0.3, 0.4) is 0 Å². The average Bonchev–Trinajstić information content (AvgIpc) is 3.15. The molecule has 13 heteroatoms. The molecule has 0 aliphatic carbocycles. The van der Waals surface area contributed by atoms with Crippen molar-refractivity contribution in [1.29, 1.82) is 0 Å². The van der Waals surface area contributed by atoms with E-state index in [0.29, 0.717) is 28.6 Å². The number of methoxy groups -OCH3 is 4. The van der Waals surface area contributed by atoms with E-state index < -0.39 is 28.5 Å². The molecular weight excluding hydrogens is 694 g/mol. The van der Waals surface area contributed by atoms with Crippen LogP contribution in [0.2, 0.25) is 5.02 Å². The van der Waals surface area contributed by atoms with Gasteiger partial charge in [0.15, 0.2) is 11.5 Å². The Balaban J connectivity index is 1.88. The average molecular weight is 738 g/mol. The molecule has 1 unspecified atom stereocenters. The summed E-state index contributed by atoms with van der Waals surface area (Å²) >= 11 is 6.18. The van der Waals surface area contributed by atoms with Crippen molar-refractivity contribution in [2.45, 2.75) is 43.7 Å². The monoisotopic (exact) mass is 737 g/mol. The molecule has 0 aromatic heterocycles. The van der Waals surface area contributed by atoms with Crippen LogP contribution >= 0.6 is 11.6 Å². The second-order valence-electron chi connectivity index (χ2n) is 11.6. The van der Waals surface area contributed by atoms with E-state index in [2.05, 4.69) is 5.32 Å². The highest BCUT2D eigenvalue weighted by Crippen LogP contribution is 2.38. The van der Waals surface area contributed by atoms with E-state index in [9.17, 15) is 18.0 Å². The van der Waals surface area contributed by atoms with Gasteiger partial charge in [-0.15, -0.1) is 0 Å². The maximum absolute atomic E-state index is 14.8. The molecule has 0 saturated heterocycles. The minimum absolute atomic E-state index is 0.00576. The Kier molecular flexibility index (Phi) is 14.0. The first kappa shape index (κ1) is 38.9. The minimum atomic E-state index is -4.50. The van der Waals surface area contributed by atoms with Gasteiger partial charge in [0.1, 0.15) is 24.1 Å². The molecule has 0 aliphatic heterocycles. The highest BCUT2D eigenvalue weighted by molar-refractivity contribution is 7.92. The molecule has 51 heavy (non-hydrogen) atoms. The Morgan fingerprint density at radius 1 is 0.784 bits per heavy atom. The fourth-order valence-electron chi connectivity index (χ4n) is 5.46. The number of nitrogens with one attached hydrogen (secondary N) is 1. The first-order valence-electron chi connectivity index (χ1n) is 16.4. The first-order chi connectivity index (χ1) is 24.6. The molecule has 0 heterocycles. The zero-order chi connectivity index (χ0) is 37.0. The van der Waals surface area contributed by atoms with Gasteiger partial charge >= 0.3 is 0 Å². The molecule has 0 spiro atoms. The number of carbonyl (C=O) groups is 2. The zero-order valence-electron chi connectivity index (χ0n) is 29.4. The molecule has 4 rings (SSSR count). The number of benzene rings is 4. The summed E-state index contributed by atoms with van der Waals surface area (Å²) in [4.78, 5) is 30.0. The van der Waals surface area contributed by atoms with Crippen molar-refractivity contribution in [3.63, 3.8) is 0 Å². The van der Waals surface area contributed by atoms with E-state index in [1.807, 2.05) is 37.3 Å². The second kappa shape index (κ2) is 18.3. The molecule has 0 aliphatic rings. The number of ether oxygens (including phenoxy) is 4. The summed E-state index contributed by atoms with van der Waals surface area (Å²) in [6.07, 6.45) is 1.80. The summed E-state index contributed by atoms with van der Waals surface area (Å²) < 4.78 is 52.1. The van der Waals surface area contributed by atoms with Gasteiger partial charge < -0.3 is 29.2 Å². The highest BCUT2D eigenvalue weighted by atomic mass is 35.5. The standard InChI is InChI=1S/C38H44ClN3O8S/c1-6-7-21-40-38(44)33(22-27-11-9-8-10-12-27)41(25-28-13-15-29(39)16-14-28)37(43)26-42(32-23-30(47-2)17-19-34(32)48-3)51(45,46)31-18-20-35(49-4)36(24-31)50-5/h8-20,23-24,33H,6-7,21-22,25-26H2,1-5H3,(H,40,44). The van der Waals surface area contributed by atoms with Gasteiger partial charge in [0, 0.05) is 36.7 Å². The molecular formula is C38H44ClN3O8S. The van der Waals surface area contributed by atoms with E-state index in [-0.39, 0.29) is 41.0 Å². The zero-order valence-corrected chi connectivity index (χ0v) is 31.0. The van der Waals surface area contributed by atoms with Crippen molar-refractivity contribution in [3.8, 4) is 23.0 Å². The van der Waals surface area contributed by atoms with Crippen LogP contribution < -0.4 is 28.6 Å². The minimum Gasteiger partial charge on any atom is -0.497 e. The molecule has 272 valence electrons. The van der Waals surface area contributed by atoms with E-state index in [0.717, 1.165) is 22.7 Å². The summed E-state index contributed by atoms with van der Waals surface area (Å²) in [6, 6.07) is 24.1. The van der Waals surface area contributed by atoms with Gasteiger partial charge in [0.05, 0.1) is 39.0 Å². The number of hydrogen-bond donors (Lipinski definition) is 1. The van der Waals surface area contributed by atoms with Crippen molar-refractivity contribution >= 4 is 39.1 Å². The Hall–Kier alpha value is -4.94. The topological polar surface area (TPSA) is 124 Å². The Labute approximate surface area is 305 Å². The highest BCUT2D eigenvalue weighted by Gasteiger charge is 2.36. The number of anilines is 1. The Morgan fingerprint density at radius 2 is 1.45 bits per heavy atom. The van der Waals surface area contributed by atoms with Crippen molar-refractivity contribution in [2.75, 3.05) is 45.8 Å². The van der Waals surface area contributed by atoms with Crippen LogP contribution in [0.1, 0.15) is 30.9 Å². The summed E-state index contributed by atoms with van der Waals surface area (Å²) in [7, 11) is 1.18. The number of rotatable bonds is 18. The lowest BCUT2D eigenvalue weighted by molar-refractivity contribution is -0.140. The van der Waals surface area contributed by atoms with E-state index >= 15 is 0 Å². The van der Waals surface area contributed by atoms with Crippen molar-refractivity contribution in [3.05, 3.63) is 107 Å². The largest absolute Gasteiger partial charge is 0.497 e. The third kappa shape index (κ3) is 9.86. The Bertz CT molecular complexity index is 1870. The molecule has 0 bridgehead atoms. The first-order valence-corrected chi connectivity index (χ1v) is 18.2. The number of nitrogens with zero attached hydrogens (tertiary/aromatic N) is 2. The maximum Gasteiger partial charge on any atom is 0.265 e. The van der Waals surface area contributed by atoms with Gasteiger partial charge in [-0.2, -0.15) is 0 Å². The molecule has 0 fully saturated rings. The van der Waals surface area contributed by atoms with Crippen LogP contribution in [0.15, 0.2) is 95.9 Å². The number of hydrogen-bond acceptors (Lipinski definition) is 8. The van der Waals surface area contributed by atoms with Gasteiger partial charge in [-0.05, 0) is 53.9 Å². The van der Waals surface area contributed by atoms with Crippen LogP contribution in [0, 0.1) is 0 Å². The van der Waals surface area contributed by atoms with Gasteiger partial charge in [-0.25, -0.2) is 8.42 Å². The second-order valence-corrected chi connectivity index (χ2v) is 13.9. The number of amides is 2. The number of carbonyl (C=O) groups excluding carboxylic acids is 2. The van der Waals surface area contributed by atoms with Crippen LogP contribution in [-0.2, 0) is 32.6 Å². The lowest BCUT2D eigenvalue weighted by atomic mass is 10.0. The van der Waals surface area contributed by atoms with Crippen LogP contribution in [-0.4, -0.2) is 72.7 Å². The van der Waals surface area contributed by atoms with Gasteiger partial charge in [-0.1, -0.05) is 67.4 Å².